The molecule has 1 aromatic carbocycles. The molecular formula is C12H10ClN3O5. The summed E-state index contributed by atoms with van der Waals surface area (Å²) >= 11 is 5.76. The highest BCUT2D eigenvalue weighted by atomic mass is 35.5. The number of rotatable bonds is 5. The Hall–Kier alpha value is -2.58. The standard InChI is InChI=1S/C12H10ClN3O5/c13-10-4-8(1-2-11(10)16(18)19)21-6-9-3-7(5-20-9)12(17)15-14/h1-5H,6,14H2,(H,15,17). The van der Waals surface area contributed by atoms with Gasteiger partial charge < -0.3 is 9.15 Å². The van der Waals surface area contributed by atoms with E-state index in [1.165, 1.54) is 30.5 Å². The number of hydrogen-bond acceptors (Lipinski definition) is 6. The number of benzene rings is 1. The summed E-state index contributed by atoms with van der Waals surface area (Å²) in [5.41, 5.74) is 2.03. The Morgan fingerprint density at radius 1 is 1.48 bits per heavy atom. The lowest BCUT2D eigenvalue weighted by molar-refractivity contribution is -0.384. The zero-order valence-corrected chi connectivity index (χ0v) is 11.3. The van der Waals surface area contributed by atoms with Crippen LogP contribution in [0.4, 0.5) is 5.69 Å². The first-order chi connectivity index (χ1) is 10.0. The summed E-state index contributed by atoms with van der Waals surface area (Å²) in [5.74, 6) is 5.24. The number of hydrazine groups is 1. The monoisotopic (exact) mass is 311 g/mol. The molecule has 0 spiro atoms. The number of hydrogen-bond donors (Lipinski definition) is 2. The van der Waals surface area contributed by atoms with Crippen molar-refractivity contribution in [2.24, 2.45) is 5.84 Å². The van der Waals surface area contributed by atoms with Crippen LogP contribution in [-0.2, 0) is 6.61 Å². The first-order valence-corrected chi connectivity index (χ1v) is 6.04. The quantitative estimate of drug-likeness (QED) is 0.377. The van der Waals surface area contributed by atoms with Crippen molar-refractivity contribution >= 4 is 23.2 Å². The minimum absolute atomic E-state index is 0.0276. The van der Waals surface area contributed by atoms with Crippen molar-refractivity contribution in [2.45, 2.75) is 6.61 Å². The van der Waals surface area contributed by atoms with Crippen LogP contribution in [0.25, 0.3) is 0 Å². The van der Waals surface area contributed by atoms with E-state index in [0.29, 0.717) is 11.5 Å². The van der Waals surface area contributed by atoms with Crippen molar-refractivity contribution < 1.29 is 18.9 Å². The van der Waals surface area contributed by atoms with Crippen LogP contribution < -0.4 is 16.0 Å². The first kappa shape index (κ1) is 14.8. The van der Waals surface area contributed by atoms with E-state index in [-0.39, 0.29) is 22.9 Å². The molecular weight excluding hydrogens is 302 g/mol. The van der Waals surface area contributed by atoms with E-state index in [2.05, 4.69) is 0 Å². The largest absolute Gasteiger partial charge is 0.486 e. The van der Waals surface area contributed by atoms with E-state index in [0.717, 1.165) is 0 Å². The van der Waals surface area contributed by atoms with Gasteiger partial charge in [-0.15, -0.1) is 0 Å². The molecule has 0 saturated carbocycles. The van der Waals surface area contributed by atoms with Gasteiger partial charge >= 0.3 is 0 Å². The molecule has 0 bridgehead atoms. The number of nitrogen functional groups attached to an aromatic ring is 1. The number of carbonyl (C=O) groups excluding carboxylic acids is 1. The van der Waals surface area contributed by atoms with E-state index in [4.69, 9.17) is 26.6 Å². The van der Waals surface area contributed by atoms with Gasteiger partial charge in [-0.3, -0.25) is 20.3 Å². The van der Waals surface area contributed by atoms with Crippen molar-refractivity contribution in [1.29, 1.82) is 0 Å². The van der Waals surface area contributed by atoms with E-state index in [9.17, 15) is 14.9 Å². The number of carbonyl (C=O) groups is 1. The molecule has 0 aliphatic rings. The smallest absolute Gasteiger partial charge is 0.288 e. The Labute approximate surface area is 123 Å². The second-order valence-electron chi connectivity index (χ2n) is 3.93. The molecule has 0 saturated heterocycles. The Morgan fingerprint density at radius 2 is 2.24 bits per heavy atom. The topological polar surface area (TPSA) is 121 Å². The van der Waals surface area contributed by atoms with Crippen molar-refractivity contribution in [1.82, 2.24) is 5.43 Å². The lowest BCUT2D eigenvalue weighted by Gasteiger charge is -2.04. The number of nitrogens with one attached hydrogen (secondary N) is 1. The highest BCUT2D eigenvalue weighted by Gasteiger charge is 2.13. The van der Waals surface area contributed by atoms with Gasteiger partial charge in [0, 0.05) is 12.1 Å². The molecule has 0 unspecified atom stereocenters. The fourth-order valence-electron chi connectivity index (χ4n) is 1.54. The van der Waals surface area contributed by atoms with Crippen molar-refractivity contribution in [3.05, 3.63) is 57.0 Å². The summed E-state index contributed by atoms with van der Waals surface area (Å²) in [4.78, 5) is 21.3. The zero-order chi connectivity index (χ0) is 15.4. The Kier molecular flexibility index (Phi) is 4.41. The zero-order valence-electron chi connectivity index (χ0n) is 10.5. The minimum Gasteiger partial charge on any atom is -0.486 e. The molecule has 1 heterocycles. The third kappa shape index (κ3) is 3.50. The van der Waals surface area contributed by atoms with E-state index < -0.39 is 10.8 Å². The number of nitro benzene ring substituents is 1. The van der Waals surface area contributed by atoms with Gasteiger partial charge in [0.25, 0.3) is 11.6 Å². The summed E-state index contributed by atoms with van der Waals surface area (Å²) in [6, 6.07) is 5.46. The van der Waals surface area contributed by atoms with Gasteiger partial charge in [-0.05, 0) is 12.1 Å². The summed E-state index contributed by atoms with van der Waals surface area (Å²) in [6.45, 7) is 0.0337. The number of halogens is 1. The van der Waals surface area contributed by atoms with Crippen molar-refractivity contribution in [3.63, 3.8) is 0 Å². The van der Waals surface area contributed by atoms with Gasteiger partial charge in [0.2, 0.25) is 0 Å². The van der Waals surface area contributed by atoms with Crippen LogP contribution in [-0.4, -0.2) is 10.8 Å². The van der Waals surface area contributed by atoms with Gasteiger partial charge in [0.05, 0.1) is 10.5 Å². The number of nitrogens with two attached hydrogens (primary N) is 1. The average Bonchev–Trinajstić information content (AvgIpc) is 2.92. The highest BCUT2D eigenvalue weighted by Crippen LogP contribution is 2.28. The number of nitro groups is 1. The van der Waals surface area contributed by atoms with Crippen LogP contribution in [0.2, 0.25) is 5.02 Å². The van der Waals surface area contributed by atoms with Crippen LogP contribution >= 0.6 is 11.6 Å². The molecule has 2 aromatic rings. The predicted molar refractivity (Wildman–Crippen MR) is 72.8 cm³/mol. The van der Waals surface area contributed by atoms with Crippen LogP contribution in [0.3, 0.4) is 0 Å². The summed E-state index contributed by atoms with van der Waals surface area (Å²) in [7, 11) is 0. The Bertz CT molecular complexity index is 685. The summed E-state index contributed by atoms with van der Waals surface area (Å²) in [6.07, 6.45) is 1.24. The van der Waals surface area contributed by atoms with Gasteiger partial charge in [0.1, 0.15) is 29.4 Å². The van der Waals surface area contributed by atoms with Crippen molar-refractivity contribution in [3.8, 4) is 5.75 Å². The predicted octanol–water partition coefficient (Wildman–Crippen LogP) is 2.02. The third-order valence-corrected chi connectivity index (χ3v) is 2.85. The average molecular weight is 312 g/mol. The number of amides is 1. The maximum Gasteiger partial charge on any atom is 0.288 e. The third-order valence-electron chi connectivity index (χ3n) is 2.54. The van der Waals surface area contributed by atoms with Crippen LogP contribution in [0.15, 0.2) is 34.9 Å². The summed E-state index contributed by atoms with van der Waals surface area (Å²) < 4.78 is 10.5. The Morgan fingerprint density at radius 3 is 2.86 bits per heavy atom. The number of furan rings is 1. The molecule has 9 heteroatoms. The number of ether oxygens (including phenoxy) is 1. The molecule has 0 radical (unpaired) electrons. The first-order valence-electron chi connectivity index (χ1n) is 5.66. The molecule has 3 N–H and O–H groups in total. The van der Waals surface area contributed by atoms with Crippen LogP contribution in [0, 0.1) is 10.1 Å². The molecule has 110 valence electrons. The number of nitrogens with zero attached hydrogens (tertiary/aromatic N) is 1. The van der Waals surface area contributed by atoms with Crippen LogP contribution in [0.1, 0.15) is 16.1 Å². The SMILES string of the molecule is NNC(=O)c1coc(COc2ccc([N+](=O)[O-])c(Cl)c2)c1. The second kappa shape index (κ2) is 6.25. The molecule has 21 heavy (non-hydrogen) atoms. The van der Waals surface area contributed by atoms with E-state index in [1.54, 1.807) is 0 Å². The van der Waals surface area contributed by atoms with Crippen molar-refractivity contribution in [2.75, 3.05) is 0 Å². The highest BCUT2D eigenvalue weighted by molar-refractivity contribution is 6.32. The van der Waals surface area contributed by atoms with E-state index >= 15 is 0 Å². The lowest BCUT2D eigenvalue weighted by Crippen LogP contribution is -2.29. The van der Waals surface area contributed by atoms with Gasteiger partial charge in [0.15, 0.2) is 0 Å². The molecule has 0 atom stereocenters. The van der Waals surface area contributed by atoms with Gasteiger partial charge in [-0.25, -0.2) is 5.84 Å². The van der Waals surface area contributed by atoms with Gasteiger partial charge in [-0.2, -0.15) is 0 Å². The fraction of sp³-hybridized carbons (Fsp3) is 0.0833. The molecule has 0 aliphatic heterocycles. The molecule has 2 rings (SSSR count). The normalized spacial score (nSPS) is 10.2. The molecule has 1 amide bonds. The maximum atomic E-state index is 11.2. The molecule has 1 aromatic heterocycles. The summed E-state index contributed by atoms with van der Waals surface area (Å²) in [5, 5.41) is 10.6. The van der Waals surface area contributed by atoms with Crippen LogP contribution in [0.5, 0.6) is 5.75 Å². The molecule has 0 fully saturated rings. The van der Waals surface area contributed by atoms with E-state index in [1.807, 2.05) is 5.43 Å². The Balaban J connectivity index is 2.03. The maximum absolute atomic E-state index is 11.2. The lowest BCUT2D eigenvalue weighted by atomic mass is 10.3. The molecule has 8 nitrogen and oxygen atoms in total. The minimum atomic E-state index is -0.587. The van der Waals surface area contributed by atoms with Gasteiger partial charge in [-0.1, -0.05) is 11.6 Å². The second-order valence-corrected chi connectivity index (χ2v) is 4.34. The molecule has 0 aliphatic carbocycles. The fourth-order valence-corrected chi connectivity index (χ4v) is 1.78.